The molecule has 0 bridgehead atoms. The van der Waals surface area contributed by atoms with Gasteiger partial charge in [-0.15, -0.1) is 0 Å². The van der Waals surface area contributed by atoms with Crippen molar-refractivity contribution in [2.45, 2.75) is 19.4 Å². The Balaban J connectivity index is 1.84. The van der Waals surface area contributed by atoms with E-state index in [1.807, 2.05) is 13.0 Å². The normalized spacial score (nSPS) is 21.9. The third-order valence-electron chi connectivity index (χ3n) is 2.89. The Morgan fingerprint density at radius 1 is 1.42 bits per heavy atom. The molecule has 1 aliphatic carbocycles. The first-order chi connectivity index (χ1) is 9.04. The Kier molecular flexibility index (Phi) is 3.85. The summed E-state index contributed by atoms with van der Waals surface area (Å²) in [4.78, 5) is 22.4. The Labute approximate surface area is 110 Å². The first-order valence-corrected chi connectivity index (χ1v) is 6.01. The van der Waals surface area contributed by atoms with E-state index < -0.39 is 11.9 Å². The lowest BCUT2D eigenvalue weighted by Crippen LogP contribution is -2.31. The van der Waals surface area contributed by atoms with Gasteiger partial charge < -0.3 is 14.8 Å². The number of amides is 1. The smallest absolute Gasteiger partial charge is 0.310 e. The van der Waals surface area contributed by atoms with Crippen molar-refractivity contribution in [2.75, 3.05) is 0 Å². The molecular formula is C14H15NO4. The maximum Gasteiger partial charge on any atom is 0.310 e. The van der Waals surface area contributed by atoms with Crippen molar-refractivity contribution in [3.8, 4) is 0 Å². The summed E-state index contributed by atoms with van der Waals surface area (Å²) < 4.78 is 5.29. The van der Waals surface area contributed by atoms with Crippen LogP contribution in [0.1, 0.15) is 17.9 Å². The number of carboxylic acids is 1. The zero-order chi connectivity index (χ0) is 13.8. The van der Waals surface area contributed by atoms with Gasteiger partial charge in [-0.1, -0.05) is 12.2 Å². The molecule has 2 atom stereocenters. The van der Waals surface area contributed by atoms with Crippen LogP contribution in [0.25, 0.3) is 6.08 Å². The standard InChI is InChI=1S/C14H15NO4/c1-9-2-5-12(19-9)6-7-13(16)15-11-4-3-10(8-11)14(17)18/h2-7,10-11H,8H2,1H3,(H,15,16)(H,17,18). The van der Waals surface area contributed by atoms with E-state index in [2.05, 4.69) is 5.32 Å². The fraction of sp³-hybridized carbons (Fsp3) is 0.286. The molecule has 0 saturated heterocycles. The van der Waals surface area contributed by atoms with Crippen molar-refractivity contribution in [1.29, 1.82) is 0 Å². The summed E-state index contributed by atoms with van der Waals surface area (Å²) in [6, 6.07) is 3.36. The fourth-order valence-electron chi connectivity index (χ4n) is 1.92. The molecule has 1 amide bonds. The molecule has 1 aromatic heterocycles. The number of nitrogens with one attached hydrogen (secondary N) is 1. The second kappa shape index (κ2) is 5.56. The number of aliphatic carboxylic acids is 1. The van der Waals surface area contributed by atoms with Crippen molar-refractivity contribution in [1.82, 2.24) is 5.32 Å². The summed E-state index contributed by atoms with van der Waals surface area (Å²) in [7, 11) is 0. The molecule has 2 unspecified atom stereocenters. The second-order valence-corrected chi connectivity index (χ2v) is 4.46. The Morgan fingerprint density at radius 2 is 2.21 bits per heavy atom. The molecule has 1 heterocycles. The minimum Gasteiger partial charge on any atom is -0.481 e. The van der Waals surface area contributed by atoms with Gasteiger partial charge in [0, 0.05) is 12.1 Å². The highest BCUT2D eigenvalue weighted by molar-refractivity contribution is 5.91. The largest absolute Gasteiger partial charge is 0.481 e. The van der Waals surface area contributed by atoms with Crippen molar-refractivity contribution in [3.63, 3.8) is 0 Å². The van der Waals surface area contributed by atoms with Crippen LogP contribution in [0.15, 0.2) is 34.8 Å². The minimum atomic E-state index is -0.866. The van der Waals surface area contributed by atoms with Gasteiger partial charge in [0.05, 0.1) is 5.92 Å². The monoisotopic (exact) mass is 261 g/mol. The zero-order valence-electron chi connectivity index (χ0n) is 10.5. The number of rotatable bonds is 4. The first-order valence-electron chi connectivity index (χ1n) is 6.01. The molecule has 0 spiro atoms. The summed E-state index contributed by atoms with van der Waals surface area (Å²) in [6.07, 6.45) is 6.67. The van der Waals surface area contributed by atoms with Crippen LogP contribution in [-0.2, 0) is 9.59 Å². The quantitative estimate of drug-likeness (QED) is 0.639. The topological polar surface area (TPSA) is 79.5 Å². The average molecular weight is 261 g/mol. The van der Waals surface area contributed by atoms with E-state index in [1.165, 1.54) is 6.08 Å². The summed E-state index contributed by atoms with van der Waals surface area (Å²) in [5.74, 6) is -0.257. The van der Waals surface area contributed by atoms with E-state index in [9.17, 15) is 9.59 Å². The molecule has 1 aromatic rings. The van der Waals surface area contributed by atoms with Gasteiger partial charge in [-0.3, -0.25) is 9.59 Å². The second-order valence-electron chi connectivity index (χ2n) is 4.46. The van der Waals surface area contributed by atoms with Crippen molar-refractivity contribution >= 4 is 18.0 Å². The van der Waals surface area contributed by atoms with Crippen molar-refractivity contribution in [3.05, 3.63) is 41.9 Å². The van der Waals surface area contributed by atoms with Gasteiger partial charge >= 0.3 is 5.97 Å². The lowest BCUT2D eigenvalue weighted by Gasteiger charge is -2.09. The Hall–Kier alpha value is -2.30. The van der Waals surface area contributed by atoms with Crippen molar-refractivity contribution < 1.29 is 19.1 Å². The van der Waals surface area contributed by atoms with Crippen molar-refractivity contribution in [2.24, 2.45) is 5.92 Å². The molecule has 2 rings (SSSR count). The number of carbonyl (C=O) groups excluding carboxylic acids is 1. The van der Waals surface area contributed by atoms with Crippen LogP contribution in [-0.4, -0.2) is 23.0 Å². The van der Waals surface area contributed by atoms with Crippen LogP contribution in [0, 0.1) is 12.8 Å². The third-order valence-corrected chi connectivity index (χ3v) is 2.89. The van der Waals surface area contributed by atoms with Gasteiger partial charge in [-0.25, -0.2) is 0 Å². The van der Waals surface area contributed by atoms with Gasteiger partial charge in [0.1, 0.15) is 11.5 Å². The molecule has 5 heteroatoms. The summed E-state index contributed by atoms with van der Waals surface area (Å²) >= 11 is 0. The number of hydrogen-bond acceptors (Lipinski definition) is 3. The van der Waals surface area contributed by atoms with Crippen LogP contribution in [0.4, 0.5) is 0 Å². The van der Waals surface area contributed by atoms with Gasteiger partial charge in [-0.05, 0) is 31.6 Å². The molecule has 0 fully saturated rings. The highest BCUT2D eigenvalue weighted by Crippen LogP contribution is 2.17. The summed E-state index contributed by atoms with van der Waals surface area (Å²) in [6.45, 7) is 1.83. The Bertz CT molecular complexity index is 541. The molecule has 2 N–H and O–H groups in total. The van der Waals surface area contributed by atoms with E-state index in [0.717, 1.165) is 5.76 Å². The molecule has 5 nitrogen and oxygen atoms in total. The number of hydrogen-bond donors (Lipinski definition) is 2. The SMILES string of the molecule is Cc1ccc(C=CC(=O)NC2C=CC(C(=O)O)C2)o1. The number of carboxylic acid groups (broad SMARTS) is 1. The number of furan rings is 1. The van der Waals surface area contributed by atoms with E-state index in [-0.39, 0.29) is 11.9 Å². The molecule has 0 aliphatic heterocycles. The maximum absolute atomic E-state index is 11.6. The highest BCUT2D eigenvalue weighted by atomic mass is 16.4. The van der Waals surface area contributed by atoms with E-state index in [0.29, 0.717) is 12.2 Å². The number of carbonyl (C=O) groups is 2. The molecular weight excluding hydrogens is 246 g/mol. The van der Waals surface area contributed by atoms with E-state index in [4.69, 9.17) is 9.52 Å². The van der Waals surface area contributed by atoms with E-state index >= 15 is 0 Å². The van der Waals surface area contributed by atoms with Crippen LogP contribution < -0.4 is 5.32 Å². The molecule has 1 aliphatic rings. The average Bonchev–Trinajstić information content (AvgIpc) is 2.96. The molecule has 0 saturated carbocycles. The number of aryl methyl sites for hydroxylation is 1. The third kappa shape index (κ3) is 3.58. The Morgan fingerprint density at radius 3 is 2.79 bits per heavy atom. The van der Waals surface area contributed by atoms with Crippen LogP contribution in [0.2, 0.25) is 0 Å². The first kappa shape index (κ1) is 13.1. The predicted octanol–water partition coefficient (Wildman–Crippen LogP) is 1.75. The van der Waals surface area contributed by atoms with E-state index in [1.54, 1.807) is 24.3 Å². The van der Waals surface area contributed by atoms with Gasteiger partial charge in [0.2, 0.25) is 5.91 Å². The van der Waals surface area contributed by atoms with Crippen LogP contribution >= 0.6 is 0 Å². The van der Waals surface area contributed by atoms with Crippen LogP contribution in [0.5, 0.6) is 0 Å². The molecule has 0 aromatic carbocycles. The van der Waals surface area contributed by atoms with Gasteiger partial charge in [0.15, 0.2) is 0 Å². The molecule has 19 heavy (non-hydrogen) atoms. The summed E-state index contributed by atoms with van der Waals surface area (Å²) in [5.41, 5.74) is 0. The molecule has 100 valence electrons. The lowest BCUT2D eigenvalue weighted by atomic mass is 10.1. The lowest BCUT2D eigenvalue weighted by molar-refractivity contribution is -0.140. The summed E-state index contributed by atoms with van der Waals surface area (Å²) in [5, 5.41) is 11.6. The predicted molar refractivity (Wildman–Crippen MR) is 69.3 cm³/mol. The minimum absolute atomic E-state index is 0.225. The molecule has 0 radical (unpaired) electrons. The maximum atomic E-state index is 11.6. The van der Waals surface area contributed by atoms with Gasteiger partial charge in [0.25, 0.3) is 0 Å². The highest BCUT2D eigenvalue weighted by Gasteiger charge is 2.24. The van der Waals surface area contributed by atoms with Crippen LogP contribution in [0.3, 0.4) is 0 Å². The zero-order valence-corrected chi connectivity index (χ0v) is 10.5. The fourth-order valence-corrected chi connectivity index (χ4v) is 1.92. The van der Waals surface area contributed by atoms with Gasteiger partial charge in [-0.2, -0.15) is 0 Å².